The van der Waals surface area contributed by atoms with Crippen molar-refractivity contribution in [2.24, 2.45) is 5.92 Å². The van der Waals surface area contributed by atoms with E-state index in [0.717, 1.165) is 25.9 Å². The Bertz CT molecular complexity index is 600. The molecule has 1 amide bonds. The second kappa shape index (κ2) is 8.49. The molecule has 1 aromatic rings. The molecule has 0 radical (unpaired) electrons. The van der Waals surface area contributed by atoms with E-state index >= 15 is 0 Å². The van der Waals surface area contributed by atoms with Gasteiger partial charge in [-0.2, -0.15) is 0 Å². The highest BCUT2D eigenvalue weighted by Gasteiger charge is 2.25. The Hall–Kier alpha value is -2.35. The standard InChI is InChI=1S/C16H23N3O5/c1-3-24-15-8-13(19(21)22)12(7-14(15)23-2)16(20)18-10-11-5-4-6-17-9-11/h7-8,11,17H,3-6,9-10H2,1-2H3,(H,18,20). The van der Waals surface area contributed by atoms with E-state index in [4.69, 9.17) is 9.47 Å². The fourth-order valence-electron chi connectivity index (χ4n) is 2.74. The van der Waals surface area contributed by atoms with Crippen molar-refractivity contribution < 1.29 is 19.2 Å². The van der Waals surface area contributed by atoms with Crippen LogP contribution < -0.4 is 20.1 Å². The van der Waals surface area contributed by atoms with Gasteiger partial charge < -0.3 is 20.1 Å². The van der Waals surface area contributed by atoms with Crippen LogP contribution in [-0.2, 0) is 0 Å². The molecule has 132 valence electrons. The van der Waals surface area contributed by atoms with Crippen molar-refractivity contribution in [3.05, 3.63) is 27.8 Å². The molecule has 1 atom stereocenters. The third kappa shape index (κ3) is 4.35. The van der Waals surface area contributed by atoms with Crippen LogP contribution in [0.4, 0.5) is 5.69 Å². The maximum Gasteiger partial charge on any atom is 0.286 e. The summed E-state index contributed by atoms with van der Waals surface area (Å²) >= 11 is 0. The van der Waals surface area contributed by atoms with Crippen LogP contribution in [0.1, 0.15) is 30.1 Å². The van der Waals surface area contributed by atoms with Gasteiger partial charge in [-0.05, 0) is 38.8 Å². The number of piperidine rings is 1. The van der Waals surface area contributed by atoms with Crippen molar-refractivity contribution in [3.63, 3.8) is 0 Å². The normalized spacial score (nSPS) is 17.2. The smallest absolute Gasteiger partial charge is 0.286 e. The molecule has 8 heteroatoms. The van der Waals surface area contributed by atoms with E-state index in [-0.39, 0.29) is 17.0 Å². The van der Waals surface area contributed by atoms with E-state index in [1.165, 1.54) is 19.2 Å². The maximum atomic E-state index is 12.4. The fourth-order valence-corrected chi connectivity index (χ4v) is 2.74. The zero-order valence-corrected chi connectivity index (χ0v) is 14.0. The Morgan fingerprint density at radius 3 is 2.83 bits per heavy atom. The molecule has 1 fully saturated rings. The number of hydrogen-bond acceptors (Lipinski definition) is 6. The van der Waals surface area contributed by atoms with Gasteiger partial charge in [-0.25, -0.2) is 0 Å². The summed E-state index contributed by atoms with van der Waals surface area (Å²) in [6, 6.07) is 2.59. The highest BCUT2D eigenvalue weighted by atomic mass is 16.6. The number of nitrogens with one attached hydrogen (secondary N) is 2. The Morgan fingerprint density at radius 1 is 1.46 bits per heavy atom. The van der Waals surface area contributed by atoms with Crippen molar-refractivity contribution in [2.45, 2.75) is 19.8 Å². The van der Waals surface area contributed by atoms with Crippen molar-refractivity contribution in [1.82, 2.24) is 10.6 Å². The third-order valence-corrected chi connectivity index (χ3v) is 3.97. The van der Waals surface area contributed by atoms with Crippen LogP contribution in [0.3, 0.4) is 0 Å². The molecular formula is C16H23N3O5. The first kappa shape index (κ1) is 18.0. The predicted molar refractivity (Wildman–Crippen MR) is 88.7 cm³/mol. The fraction of sp³-hybridized carbons (Fsp3) is 0.562. The first-order valence-electron chi connectivity index (χ1n) is 8.05. The summed E-state index contributed by atoms with van der Waals surface area (Å²) in [5, 5.41) is 17.4. The lowest BCUT2D eigenvalue weighted by Gasteiger charge is -2.22. The van der Waals surface area contributed by atoms with E-state index in [2.05, 4.69) is 10.6 Å². The molecule has 1 heterocycles. The van der Waals surface area contributed by atoms with Gasteiger partial charge in [0.2, 0.25) is 0 Å². The number of nitro groups is 1. The summed E-state index contributed by atoms with van der Waals surface area (Å²) in [5.74, 6) is 0.409. The summed E-state index contributed by atoms with van der Waals surface area (Å²) in [5.41, 5.74) is -0.317. The molecule has 0 bridgehead atoms. The van der Waals surface area contributed by atoms with Gasteiger partial charge in [0.05, 0.1) is 24.7 Å². The molecule has 0 spiro atoms. The quantitative estimate of drug-likeness (QED) is 0.580. The lowest BCUT2D eigenvalue weighted by molar-refractivity contribution is -0.385. The van der Waals surface area contributed by atoms with Crippen LogP contribution in [0, 0.1) is 16.0 Å². The Kier molecular flexibility index (Phi) is 6.36. The van der Waals surface area contributed by atoms with Crippen LogP contribution in [0.5, 0.6) is 11.5 Å². The molecular weight excluding hydrogens is 314 g/mol. The van der Waals surface area contributed by atoms with Gasteiger partial charge in [0.25, 0.3) is 11.6 Å². The van der Waals surface area contributed by atoms with Crippen LogP contribution >= 0.6 is 0 Å². The van der Waals surface area contributed by atoms with Crippen molar-refractivity contribution in [3.8, 4) is 11.5 Å². The summed E-state index contributed by atoms with van der Waals surface area (Å²) in [7, 11) is 1.43. The Balaban J connectivity index is 2.19. The van der Waals surface area contributed by atoms with Gasteiger partial charge >= 0.3 is 0 Å². The molecule has 2 rings (SSSR count). The number of nitrogens with zero attached hydrogens (tertiary/aromatic N) is 1. The number of benzene rings is 1. The van der Waals surface area contributed by atoms with E-state index in [1.54, 1.807) is 6.92 Å². The van der Waals surface area contributed by atoms with Gasteiger partial charge in [-0.15, -0.1) is 0 Å². The molecule has 1 aliphatic heterocycles. The zero-order valence-electron chi connectivity index (χ0n) is 14.0. The van der Waals surface area contributed by atoms with Gasteiger partial charge in [0.1, 0.15) is 5.56 Å². The number of carbonyl (C=O) groups excluding carboxylic acids is 1. The van der Waals surface area contributed by atoms with Gasteiger partial charge in [0, 0.05) is 12.6 Å². The molecule has 0 saturated carbocycles. The van der Waals surface area contributed by atoms with Gasteiger partial charge in [-0.3, -0.25) is 14.9 Å². The lowest BCUT2D eigenvalue weighted by atomic mass is 9.99. The minimum absolute atomic E-state index is 0.0240. The predicted octanol–water partition coefficient (Wildman–Crippen LogP) is 1.73. The Morgan fingerprint density at radius 2 is 2.25 bits per heavy atom. The molecule has 0 aliphatic carbocycles. The van der Waals surface area contributed by atoms with Crippen molar-refractivity contribution >= 4 is 11.6 Å². The van der Waals surface area contributed by atoms with Crippen LogP contribution in [0.15, 0.2) is 12.1 Å². The SMILES string of the molecule is CCOc1cc([N+](=O)[O-])c(C(=O)NCC2CCCNC2)cc1OC. The van der Waals surface area contributed by atoms with Gasteiger partial charge in [-0.1, -0.05) is 0 Å². The number of amides is 1. The zero-order chi connectivity index (χ0) is 17.5. The molecule has 2 N–H and O–H groups in total. The largest absolute Gasteiger partial charge is 0.493 e. The molecule has 1 saturated heterocycles. The van der Waals surface area contributed by atoms with Crippen molar-refractivity contribution in [1.29, 1.82) is 0 Å². The minimum Gasteiger partial charge on any atom is -0.493 e. The third-order valence-electron chi connectivity index (χ3n) is 3.97. The molecule has 1 unspecified atom stereocenters. The molecule has 0 aromatic heterocycles. The van der Waals surface area contributed by atoms with Crippen LogP contribution in [0.2, 0.25) is 0 Å². The minimum atomic E-state index is -0.584. The topological polar surface area (TPSA) is 103 Å². The average molecular weight is 337 g/mol. The first-order valence-corrected chi connectivity index (χ1v) is 8.05. The summed E-state index contributed by atoms with van der Waals surface area (Å²) < 4.78 is 10.5. The monoisotopic (exact) mass is 337 g/mol. The number of ether oxygens (including phenoxy) is 2. The Labute approximate surface area is 140 Å². The number of hydrogen-bond donors (Lipinski definition) is 2. The number of methoxy groups -OCH3 is 1. The second-order valence-corrected chi connectivity index (χ2v) is 5.63. The average Bonchev–Trinajstić information content (AvgIpc) is 2.60. The maximum absolute atomic E-state index is 12.4. The van der Waals surface area contributed by atoms with Crippen LogP contribution in [-0.4, -0.2) is 44.2 Å². The molecule has 1 aromatic carbocycles. The highest BCUT2D eigenvalue weighted by Crippen LogP contribution is 2.34. The second-order valence-electron chi connectivity index (χ2n) is 5.63. The van der Waals surface area contributed by atoms with Gasteiger partial charge in [0.15, 0.2) is 11.5 Å². The van der Waals surface area contributed by atoms with E-state index < -0.39 is 10.8 Å². The molecule has 8 nitrogen and oxygen atoms in total. The summed E-state index contributed by atoms with van der Waals surface area (Å²) in [4.78, 5) is 23.1. The first-order chi connectivity index (χ1) is 11.6. The van der Waals surface area contributed by atoms with Crippen LogP contribution in [0.25, 0.3) is 0 Å². The number of nitro benzene ring substituents is 1. The van der Waals surface area contributed by atoms with E-state index in [1.807, 2.05) is 0 Å². The van der Waals surface area contributed by atoms with Crippen molar-refractivity contribution in [2.75, 3.05) is 33.4 Å². The summed E-state index contributed by atoms with van der Waals surface area (Å²) in [6.45, 7) is 4.43. The summed E-state index contributed by atoms with van der Waals surface area (Å²) in [6.07, 6.45) is 2.10. The highest BCUT2D eigenvalue weighted by molar-refractivity contribution is 5.99. The molecule has 1 aliphatic rings. The lowest BCUT2D eigenvalue weighted by Crippen LogP contribution is -2.38. The van der Waals surface area contributed by atoms with E-state index in [0.29, 0.717) is 24.8 Å². The number of carbonyl (C=O) groups is 1. The van der Waals surface area contributed by atoms with E-state index in [9.17, 15) is 14.9 Å². The molecule has 24 heavy (non-hydrogen) atoms. The number of rotatable bonds is 7.